The van der Waals surface area contributed by atoms with Gasteiger partial charge in [0, 0.05) is 11.6 Å². The fourth-order valence-corrected chi connectivity index (χ4v) is 3.72. The molecule has 3 N–H and O–H groups in total. The summed E-state index contributed by atoms with van der Waals surface area (Å²) in [5.41, 5.74) is 5.83. The Kier molecular flexibility index (Phi) is 5.94. The van der Waals surface area contributed by atoms with Gasteiger partial charge < -0.3 is 20.1 Å². The van der Waals surface area contributed by atoms with E-state index in [2.05, 4.69) is 15.6 Å². The maximum absolute atomic E-state index is 11.6. The zero-order valence-corrected chi connectivity index (χ0v) is 17.5. The minimum Gasteiger partial charge on any atom is -0.508 e. The van der Waals surface area contributed by atoms with Crippen molar-refractivity contribution in [2.45, 2.75) is 24.4 Å². The number of benzene rings is 2. The third-order valence-electron chi connectivity index (χ3n) is 4.50. The number of aromatic hydroxyl groups is 2. The van der Waals surface area contributed by atoms with Crippen molar-refractivity contribution in [1.29, 1.82) is 0 Å². The van der Waals surface area contributed by atoms with Crippen LogP contribution in [-0.4, -0.2) is 25.1 Å². The average Bonchev–Trinajstić information content (AvgIpc) is 3.17. The quantitative estimate of drug-likeness (QED) is 0.376. The van der Waals surface area contributed by atoms with Crippen LogP contribution in [0.3, 0.4) is 0 Å². The normalized spacial score (nSPS) is 10.9. The van der Waals surface area contributed by atoms with Gasteiger partial charge in [-0.15, -0.1) is 10.2 Å². The molecular formula is C22H20N4O4S. The molecule has 0 saturated carbocycles. The number of phenols is 1. The van der Waals surface area contributed by atoms with Gasteiger partial charge in [-0.25, -0.2) is 4.68 Å². The molecule has 2 aromatic carbocycles. The Morgan fingerprint density at radius 2 is 1.90 bits per heavy atom. The molecular weight excluding hydrogens is 416 g/mol. The summed E-state index contributed by atoms with van der Waals surface area (Å²) < 4.78 is 7.07. The number of phenolic OH excluding ortho intramolecular Hbond substituents is 1. The predicted molar refractivity (Wildman–Crippen MR) is 118 cm³/mol. The van der Waals surface area contributed by atoms with Gasteiger partial charge in [0.25, 0.3) is 0 Å². The number of nitrogens with one attached hydrogen (secondary N) is 1. The molecule has 0 bridgehead atoms. The molecule has 0 aliphatic carbocycles. The molecule has 8 nitrogen and oxygen atoms in total. The van der Waals surface area contributed by atoms with Crippen molar-refractivity contribution in [2.24, 2.45) is 0 Å². The van der Waals surface area contributed by atoms with Crippen LogP contribution in [0.15, 0.2) is 75.2 Å². The van der Waals surface area contributed by atoms with E-state index in [1.165, 1.54) is 17.8 Å². The van der Waals surface area contributed by atoms with Crippen molar-refractivity contribution in [2.75, 3.05) is 5.43 Å². The largest absolute Gasteiger partial charge is 0.508 e. The van der Waals surface area contributed by atoms with E-state index in [0.717, 1.165) is 23.0 Å². The van der Waals surface area contributed by atoms with Crippen LogP contribution in [-0.2, 0) is 12.3 Å². The summed E-state index contributed by atoms with van der Waals surface area (Å²) in [4.78, 5) is 11.6. The molecule has 0 amide bonds. The molecule has 2 aromatic heterocycles. The number of aryl methyl sites for hydroxylation is 1. The molecule has 0 aliphatic rings. The van der Waals surface area contributed by atoms with Crippen LogP contribution in [0, 0.1) is 6.92 Å². The molecule has 0 atom stereocenters. The van der Waals surface area contributed by atoms with Crippen molar-refractivity contribution < 1.29 is 14.6 Å². The van der Waals surface area contributed by atoms with Gasteiger partial charge in [-0.05, 0) is 30.7 Å². The Morgan fingerprint density at radius 3 is 2.65 bits per heavy atom. The predicted octanol–water partition coefficient (Wildman–Crippen LogP) is 3.65. The molecule has 9 heteroatoms. The summed E-state index contributed by atoms with van der Waals surface area (Å²) in [7, 11) is 0. The summed E-state index contributed by atoms with van der Waals surface area (Å²) in [5, 5.41) is 28.1. The van der Waals surface area contributed by atoms with Gasteiger partial charge in [0.15, 0.2) is 11.6 Å². The molecule has 0 spiro atoms. The van der Waals surface area contributed by atoms with E-state index in [9.17, 15) is 15.0 Å². The van der Waals surface area contributed by atoms with E-state index in [-0.39, 0.29) is 5.75 Å². The second-order valence-corrected chi connectivity index (χ2v) is 7.84. The van der Waals surface area contributed by atoms with Gasteiger partial charge >= 0.3 is 0 Å². The minimum atomic E-state index is -0.491. The van der Waals surface area contributed by atoms with E-state index >= 15 is 0 Å². The van der Waals surface area contributed by atoms with Gasteiger partial charge in [-0.1, -0.05) is 47.7 Å². The van der Waals surface area contributed by atoms with E-state index < -0.39 is 11.2 Å². The standard InChI is InChI=1S/C22H20N4O4S/c1-14-3-2-4-16(9-14)21-24-25-22(31-13-18-10-19(28)20(29)12-30-18)26(21)23-11-15-5-7-17(27)8-6-15/h2-10,12,23,27,29H,11,13H2,1H3. The van der Waals surface area contributed by atoms with Crippen molar-refractivity contribution in [1.82, 2.24) is 14.9 Å². The van der Waals surface area contributed by atoms with Crippen LogP contribution < -0.4 is 10.9 Å². The highest BCUT2D eigenvalue weighted by Gasteiger charge is 2.16. The Labute approximate surface area is 182 Å². The lowest BCUT2D eigenvalue weighted by Gasteiger charge is -2.13. The average molecular weight is 436 g/mol. The number of nitrogens with zero attached hydrogens (tertiary/aromatic N) is 3. The summed E-state index contributed by atoms with van der Waals surface area (Å²) in [6.07, 6.45) is 1.03. The maximum Gasteiger partial charge on any atom is 0.226 e. The van der Waals surface area contributed by atoms with Crippen LogP contribution in [0.1, 0.15) is 16.9 Å². The van der Waals surface area contributed by atoms with Crippen LogP contribution in [0.5, 0.6) is 11.5 Å². The van der Waals surface area contributed by atoms with Crippen LogP contribution in [0.2, 0.25) is 0 Å². The van der Waals surface area contributed by atoms with E-state index in [1.54, 1.807) is 16.8 Å². The summed E-state index contributed by atoms with van der Waals surface area (Å²) in [6, 6.07) is 16.1. The molecule has 2 heterocycles. The molecule has 158 valence electrons. The van der Waals surface area contributed by atoms with Crippen molar-refractivity contribution in [3.05, 3.63) is 88.0 Å². The van der Waals surface area contributed by atoms with Crippen LogP contribution in [0.25, 0.3) is 11.4 Å². The molecule has 4 aromatic rings. The lowest BCUT2D eigenvalue weighted by molar-refractivity contribution is 0.419. The van der Waals surface area contributed by atoms with Crippen LogP contribution >= 0.6 is 11.8 Å². The van der Waals surface area contributed by atoms with Crippen molar-refractivity contribution in [3.8, 4) is 22.9 Å². The smallest absolute Gasteiger partial charge is 0.226 e. The zero-order chi connectivity index (χ0) is 21.8. The minimum absolute atomic E-state index is 0.208. The van der Waals surface area contributed by atoms with E-state index in [4.69, 9.17) is 4.42 Å². The van der Waals surface area contributed by atoms with Gasteiger partial charge in [-0.2, -0.15) is 0 Å². The third-order valence-corrected chi connectivity index (χ3v) is 5.45. The first-order valence-corrected chi connectivity index (χ1v) is 10.5. The fraction of sp³-hybridized carbons (Fsp3) is 0.136. The van der Waals surface area contributed by atoms with Crippen LogP contribution in [0.4, 0.5) is 0 Å². The fourth-order valence-electron chi connectivity index (χ4n) is 2.92. The van der Waals surface area contributed by atoms with E-state index in [0.29, 0.717) is 29.0 Å². The SMILES string of the molecule is Cc1cccc(-c2nnc(SCc3cc(=O)c(O)co3)n2NCc2ccc(O)cc2)c1. The van der Waals surface area contributed by atoms with Crippen molar-refractivity contribution in [3.63, 3.8) is 0 Å². The second-order valence-electron chi connectivity index (χ2n) is 6.90. The summed E-state index contributed by atoms with van der Waals surface area (Å²) >= 11 is 1.34. The number of hydrogen-bond donors (Lipinski definition) is 3. The Morgan fingerprint density at radius 1 is 1.10 bits per heavy atom. The Hall–Kier alpha value is -3.72. The lowest BCUT2D eigenvalue weighted by Crippen LogP contribution is -2.17. The second kappa shape index (κ2) is 8.97. The van der Waals surface area contributed by atoms with Gasteiger partial charge in [0.1, 0.15) is 17.8 Å². The first-order chi connectivity index (χ1) is 15.0. The first-order valence-electron chi connectivity index (χ1n) is 9.47. The monoisotopic (exact) mass is 436 g/mol. The summed E-state index contributed by atoms with van der Waals surface area (Å²) in [5.74, 6) is 1.19. The Balaban J connectivity index is 1.61. The van der Waals surface area contributed by atoms with Crippen molar-refractivity contribution >= 4 is 11.8 Å². The highest BCUT2D eigenvalue weighted by Crippen LogP contribution is 2.26. The lowest BCUT2D eigenvalue weighted by atomic mass is 10.1. The molecule has 0 aliphatic heterocycles. The molecule has 0 radical (unpaired) electrons. The maximum atomic E-state index is 11.6. The van der Waals surface area contributed by atoms with E-state index in [1.807, 2.05) is 43.3 Å². The molecule has 4 rings (SSSR count). The molecule has 0 unspecified atom stereocenters. The third kappa shape index (κ3) is 4.89. The highest BCUT2D eigenvalue weighted by molar-refractivity contribution is 7.98. The molecule has 31 heavy (non-hydrogen) atoms. The topological polar surface area (TPSA) is 113 Å². The molecule has 0 saturated heterocycles. The summed E-state index contributed by atoms with van der Waals surface area (Å²) in [6.45, 7) is 2.50. The number of thioether (sulfide) groups is 1. The highest BCUT2D eigenvalue weighted by atomic mass is 32.2. The Bertz CT molecular complexity index is 1250. The zero-order valence-electron chi connectivity index (χ0n) is 16.6. The van der Waals surface area contributed by atoms with Gasteiger partial charge in [0.2, 0.25) is 10.6 Å². The van der Waals surface area contributed by atoms with Gasteiger partial charge in [-0.3, -0.25) is 4.79 Å². The molecule has 0 fully saturated rings. The number of aromatic nitrogens is 3. The number of hydrogen-bond acceptors (Lipinski definition) is 8. The first kappa shape index (κ1) is 20.5. The number of rotatable bonds is 7. The van der Waals surface area contributed by atoms with Gasteiger partial charge in [0.05, 0.1) is 12.3 Å².